The Morgan fingerprint density at radius 1 is 1.00 bits per heavy atom. The first kappa shape index (κ1) is 15.0. The molecule has 0 saturated heterocycles. The first-order valence-corrected chi connectivity index (χ1v) is 7.05. The number of nitrogens with zero attached hydrogens (tertiary/aromatic N) is 2. The van der Waals surface area contributed by atoms with E-state index < -0.39 is 0 Å². The average molecular weight is 410 g/mol. The summed E-state index contributed by atoms with van der Waals surface area (Å²) in [6.45, 7) is 4.15. The molecule has 2 aromatic heterocycles. The fourth-order valence-electron chi connectivity index (χ4n) is 0.716. The first-order valence-electron chi connectivity index (χ1n) is 4.05. The van der Waals surface area contributed by atoms with Crippen LogP contribution in [-0.4, -0.2) is 33.3 Å². The van der Waals surface area contributed by atoms with Crippen LogP contribution >= 0.6 is 17.2 Å². The van der Waals surface area contributed by atoms with Gasteiger partial charge in [0.15, 0.2) is 0 Å². The van der Waals surface area contributed by atoms with Crippen molar-refractivity contribution >= 4 is 28.3 Å². The maximum Gasteiger partial charge on any atom is 2.00 e. The van der Waals surface area contributed by atoms with E-state index in [-0.39, 0.29) is 21.1 Å². The van der Waals surface area contributed by atoms with Crippen LogP contribution in [0, 0.1) is 12.4 Å². The van der Waals surface area contributed by atoms with E-state index in [1.54, 1.807) is 12.4 Å². The Morgan fingerprint density at radius 3 is 1.53 bits per heavy atom. The van der Waals surface area contributed by atoms with Crippen LogP contribution < -0.4 is 11.1 Å². The minimum absolute atomic E-state index is 0. The fourth-order valence-corrected chi connectivity index (χ4v) is 1.50. The van der Waals surface area contributed by atoms with Gasteiger partial charge in [-0.3, -0.25) is 0 Å². The summed E-state index contributed by atoms with van der Waals surface area (Å²) in [6.07, 6.45) is 8.79. The molecule has 15 heavy (non-hydrogen) atoms. The number of H-pyrrole nitrogens is 2. The van der Waals surface area contributed by atoms with Crippen molar-refractivity contribution in [2.75, 3.05) is 13.3 Å². The van der Waals surface area contributed by atoms with Gasteiger partial charge in [0.2, 0.25) is 0 Å². The molecule has 80 valence electrons. The normalized spacial score (nSPS) is 10.3. The minimum Gasteiger partial charge on any atom is -0.438 e. The second-order valence-electron chi connectivity index (χ2n) is 2.26. The Kier molecular flexibility index (Phi) is 9.19. The van der Waals surface area contributed by atoms with Crippen molar-refractivity contribution in [3.63, 3.8) is 0 Å². The van der Waals surface area contributed by atoms with E-state index >= 15 is 0 Å². The molecular formula is C8H12N4P2W. The van der Waals surface area contributed by atoms with E-state index in [1.807, 2.05) is 0 Å². The van der Waals surface area contributed by atoms with E-state index in [2.05, 4.69) is 45.7 Å². The molecule has 0 bridgehead atoms. The zero-order valence-corrected chi connectivity index (χ0v) is 13.4. The van der Waals surface area contributed by atoms with Crippen LogP contribution in [0.2, 0.25) is 0 Å². The topological polar surface area (TPSA) is 57.4 Å². The largest absolute Gasteiger partial charge is 2.00 e. The van der Waals surface area contributed by atoms with Crippen LogP contribution in [0.3, 0.4) is 0 Å². The van der Waals surface area contributed by atoms with Crippen LogP contribution in [0.15, 0.2) is 12.4 Å². The van der Waals surface area contributed by atoms with Gasteiger partial charge in [0, 0.05) is 0 Å². The molecule has 0 spiro atoms. The predicted molar refractivity (Wildman–Crippen MR) is 62.6 cm³/mol. The van der Waals surface area contributed by atoms with Crippen LogP contribution in [-0.2, 0) is 21.1 Å². The SMILES string of the molecule is CPc1n[c-]c[nH]1.CPc1n[c-]c[nH]1.[W+2]. The van der Waals surface area contributed by atoms with Crippen molar-refractivity contribution in [2.45, 2.75) is 0 Å². The molecule has 0 amide bonds. The third kappa shape index (κ3) is 6.20. The van der Waals surface area contributed by atoms with Gasteiger partial charge in [-0.2, -0.15) is 0 Å². The van der Waals surface area contributed by atoms with E-state index in [0.717, 1.165) is 28.3 Å². The summed E-state index contributed by atoms with van der Waals surface area (Å²) in [6, 6.07) is 0. The quantitative estimate of drug-likeness (QED) is 0.553. The van der Waals surface area contributed by atoms with Crippen LogP contribution in [0.1, 0.15) is 0 Å². The molecule has 2 rings (SSSR count). The Balaban J connectivity index is 0.000000245. The molecule has 2 aromatic rings. The Labute approximate surface area is 107 Å². The Bertz CT molecular complexity index is 288. The summed E-state index contributed by atoms with van der Waals surface area (Å²) in [4.78, 5) is 13.6. The standard InChI is InChI=1S/2C4H6N2P.W/c2*1-7-4-5-2-3-6-4;/h2*2,7H,1H3,(H,5,6);/q2*-1;+2. The minimum atomic E-state index is 0. The maximum atomic E-state index is 3.87. The van der Waals surface area contributed by atoms with Gasteiger partial charge in [0.05, 0.1) is 0 Å². The van der Waals surface area contributed by atoms with Crippen LogP contribution in [0.5, 0.6) is 0 Å². The summed E-state index contributed by atoms with van der Waals surface area (Å²) in [5.41, 5.74) is 2.06. The number of imidazole rings is 2. The molecule has 0 fully saturated rings. The molecule has 0 aromatic carbocycles. The molecule has 0 aliphatic carbocycles. The third-order valence-electron chi connectivity index (χ3n) is 1.37. The van der Waals surface area contributed by atoms with Gasteiger partial charge in [-0.15, -0.1) is 29.6 Å². The van der Waals surface area contributed by atoms with Crippen molar-refractivity contribution < 1.29 is 21.1 Å². The van der Waals surface area contributed by atoms with Gasteiger partial charge < -0.3 is 19.9 Å². The number of rotatable bonds is 2. The van der Waals surface area contributed by atoms with E-state index in [0.29, 0.717) is 0 Å². The van der Waals surface area contributed by atoms with Gasteiger partial charge >= 0.3 is 21.1 Å². The summed E-state index contributed by atoms with van der Waals surface area (Å²) in [5, 5.41) is 0. The maximum absolute atomic E-state index is 3.87. The van der Waals surface area contributed by atoms with E-state index in [9.17, 15) is 0 Å². The monoisotopic (exact) mass is 410 g/mol. The predicted octanol–water partition coefficient (Wildman–Crippen LogP) is 0.284. The molecule has 0 aliphatic heterocycles. The van der Waals surface area contributed by atoms with Crippen molar-refractivity contribution in [3.05, 3.63) is 24.8 Å². The van der Waals surface area contributed by atoms with Crippen molar-refractivity contribution in [1.29, 1.82) is 0 Å². The number of hydrogen-bond acceptors (Lipinski definition) is 2. The molecule has 2 heterocycles. The molecule has 2 N–H and O–H groups in total. The molecule has 0 aliphatic rings. The Hall–Kier alpha value is -0.0317. The summed E-state index contributed by atoms with van der Waals surface area (Å²) in [7, 11) is 1.51. The Morgan fingerprint density at radius 2 is 1.40 bits per heavy atom. The summed E-state index contributed by atoms with van der Waals surface area (Å²) >= 11 is 0. The number of hydrogen-bond donors (Lipinski definition) is 2. The average Bonchev–Trinajstić information content (AvgIpc) is 2.92. The zero-order chi connectivity index (χ0) is 10.2. The van der Waals surface area contributed by atoms with Gasteiger partial charge in [-0.25, -0.2) is 0 Å². The molecule has 2 unspecified atom stereocenters. The molecule has 2 atom stereocenters. The second kappa shape index (κ2) is 9.21. The molecule has 0 saturated carbocycles. The first-order chi connectivity index (χ1) is 6.86. The molecular weight excluding hydrogens is 398 g/mol. The fraction of sp³-hybridized carbons (Fsp3) is 0.250. The van der Waals surface area contributed by atoms with Crippen molar-refractivity contribution in [3.8, 4) is 0 Å². The van der Waals surface area contributed by atoms with Gasteiger partial charge in [-0.1, -0.05) is 25.7 Å². The van der Waals surface area contributed by atoms with Crippen molar-refractivity contribution in [2.24, 2.45) is 0 Å². The van der Waals surface area contributed by atoms with Gasteiger partial charge in [0.25, 0.3) is 0 Å². The second-order valence-corrected chi connectivity index (χ2v) is 4.20. The van der Waals surface area contributed by atoms with Crippen molar-refractivity contribution in [1.82, 2.24) is 19.9 Å². The van der Waals surface area contributed by atoms with Crippen LogP contribution in [0.25, 0.3) is 0 Å². The molecule has 4 nitrogen and oxygen atoms in total. The van der Waals surface area contributed by atoms with Gasteiger partial charge in [-0.05, 0) is 11.1 Å². The van der Waals surface area contributed by atoms with E-state index in [1.165, 1.54) is 0 Å². The number of aromatic nitrogens is 4. The smallest absolute Gasteiger partial charge is 0.438 e. The zero-order valence-electron chi connectivity index (χ0n) is 8.46. The summed E-state index contributed by atoms with van der Waals surface area (Å²) < 4.78 is 0. The summed E-state index contributed by atoms with van der Waals surface area (Å²) in [5.74, 6) is 0. The van der Waals surface area contributed by atoms with Gasteiger partial charge in [0.1, 0.15) is 0 Å². The molecule has 7 heteroatoms. The number of nitrogens with one attached hydrogen (secondary N) is 2. The van der Waals surface area contributed by atoms with Crippen LogP contribution in [0.4, 0.5) is 0 Å². The van der Waals surface area contributed by atoms with E-state index in [4.69, 9.17) is 0 Å². The number of aromatic amines is 2. The third-order valence-corrected chi connectivity index (χ3v) is 2.83. The molecule has 0 radical (unpaired) electrons.